The molecule has 5 nitrogen and oxygen atoms in total. The van der Waals surface area contributed by atoms with Gasteiger partial charge in [0, 0.05) is 18.9 Å². The molecule has 0 fully saturated rings. The third-order valence-corrected chi connectivity index (χ3v) is 6.99. The van der Waals surface area contributed by atoms with Gasteiger partial charge in [0.15, 0.2) is 21.5 Å². The Labute approximate surface area is 144 Å². The zero-order chi connectivity index (χ0) is 18.4. The van der Waals surface area contributed by atoms with E-state index in [1.807, 2.05) is 0 Å². The van der Waals surface area contributed by atoms with Gasteiger partial charge in [0.1, 0.15) is 0 Å². The highest BCUT2D eigenvalue weighted by molar-refractivity contribution is 7.93. The maximum Gasteiger partial charge on any atom is 0.264 e. The Bertz CT molecular complexity index is 1030. The fraction of sp³-hybridized carbons (Fsp3) is 0.250. The topological polar surface area (TPSA) is 71.5 Å². The van der Waals surface area contributed by atoms with Gasteiger partial charge in [-0.25, -0.2) is 25.6 Å². The predicted molar refractivity (Wildman–Crippen MR) is 88.8 cm³/mol. The van der Waals surface area contributed by atoms with Gasteiger partial charge in [0.2, 0.25) is 0 Å². The number of nitrogens with zero attached hydrogens (tertiary/aromatic N) is 1. The van der Waals surface area contributed by atoms with Gasteiger partial charge in [-0.3, -0.25) is 4.31 Å². The summed E-state index contributed by atoms with van der Waals surface area (Å²) in [5, 5.41) is 0. The summed E-state index contributed by atoms with van der Waals surface area (Å²) in [5.41, 5.74) is 0.527. The summed E-state index contributed by atoms with van der Waals surface area (Å²) in [5.74, 6) is -2.14. The number of anilines is 1. The number of sulfone groups is 1. The first-order chi connectivity index (χ1) is 11.6. The van der Waals surface area contributed by atoms with Crippen molar-refractivity contribution in [3.8, 4) is 0 Å². The van der Waals surface area contributed by atoms with Crippen LogP contribution in [0.4, 0.5) is 14.5 Å². The number of hydrogen-bond donors (Lipinski definition) is 0. The molecule has 1 aliphatic heterocycles. The van der Waals surface area contributed by atoms with E-state index in [4.69, 9.17) is 0 Å². The normalized spacial score (nSPS) is 15.1. The van der Waals surface area contributed by atoms with E-state index in [1.165, 1.54) is 24.3 Å². The predicted octanol–water partition coefficient (Wildman–Crippen LogP) is 2.51. The molecular weight excluding hydrogens is 372 g/mol. The molecule has 0 spiro atoms. The minimum Gasteiger partial charge on any atom is -0.266 e. The number of aryl methyl sites for hydroxylation is 1. The summed E-state index contributed by atoms with van der Waals surface area (Å²) in [6, 6.07) is 6.70. The first kappa shape index (κ1) is 17.8. The zero-order valence-corrected chi connectivity index (χ0v) is 14.9. The highest BCUT2D eigenvalue weighted by atomic mass is 32.2. The Hall–Kier alpha value is -2.00. The standard InChI is InChI=1S/C16H15F2NO4S2/c1-24(20,21)12-4-6-13(7-5-12)25(22,23)19-8-2-3-11-9-14(17)15(18)10-16(11)19/h4-7,9-10H,2-3,8H2,1H3. The summed E-state index contributed by atoms with van der Waals surface area (Å²) >= 11 is 0. The van der Waals surface area contributed by atoms with Crippen LogP contribution >= 0.6 is 0 Å². The van der Waals surface area contributed by atoms with Gasteiger partial charge in [-0.05, 0) is 48.7 Å². The van der Waals surface area contributed by atoms with Gasteiger partial charge in [0.05, 0.1) is 15.5 Å². The molecule has 0 saturated heterocycles. The van der Waals surface area contributed by atoms with Crippen LogP contribution in [-0.2, 0) is 26.3 Å². The minimum atomic E-state index is -4.02. The molecule has 0 saturated carbocycles. The number of fused-ring (bicyclic) bond motifs is 1. The Kier molecular flexibility index (Phi) is 4.32. The molecule has 0 aromatic heterocycles. The smallest absolute Gasteiger partial charge is 0.264 e. The zero-order valence-electron chi connectivity index (χ0n) is 13.2. The van der Waals surface area contributed by atoms with E-state index in [-0.39, 0.29) is 22.0 Å². The molecule has 0 bridgehead atoms. The Balaban J connectivity index is 2.06. The SMILES string of the molecule is CS(=O)(=O)c1ccc(S(=O)(=O)N2CCCc3cc(F)c(F)cc32)cc1. The second-order valence-corrected chi connectivity index (χ2v) is 9.70. The molecule has 0 radical (unpaired) electrons. The summed E-state index contributed by atoms with van der Waals surface area (Å²) in [6.45, 7) is 0.133. The first-order valence-corrected chi connectivity index (χ1v) is 10.7. The van der Waals surface area contributed by atoms with Gasteiger partial charge >= 0.3 is 0 Å². The van der Waals surface area contributed by atoms with Crippen LogP contribution in [0.5, 0.6) is 0 Å². The summed E-state index contributed by atoms with van der Waals surface area (Å²) < 4.78 is 76.8. The summed E-state index contributed by atoms with van der Waals surface area (Å²) in [6.07, 6.45) is 1.94. The Morgan fingerprint density at radius 1 is 0.920 bits per heavy atom. The average molecular weight is 387 g/mol. The molecule has 0 aliphatic carbocycles. The fourth-order valence-corrected chi connectivity index (χ4v) is 4.94. The molecule has 134 valence electrons. The van der Waals surface area contributed by atoms with Gasteiger partial charge in [-0.1, -0.05) is 0 Å². The van der Waals surface area contributed by atoms with Gasteiger partial charge in [0.25, 0.3) is 10.0 Å². The second-order valence-electron chi connectivity index (χ2n) is 5.82. The number of halogens is 2. The van der Waals surface area contributed by atoms with Crippen LogP contribution in [0.15, 0.2) is 46.2 Å². The molecule has 0 atom stereocenters. The van der Waals surface area contributed by atoms with Crippen molar-refractivity contribution in [3.05, 3.63) is 53.6 Å². The van der Waals surface area contributed by atoms with Crippen molar-refractivity contribution in [2.75, 3.05) is 17.1 Å². The van der Waals surface area contributed by atoms with Gasteiger partial charge in [-0.15, -0.1) is 0 Å². The van der Waals surface area contributed by atoms with E-state index < -0.39 is 31.5 Å². The molecular formula is C16H15F2NO4S2. The van der Waals surface area contributed by atoms with E-state index in [9.17, 15) is 25.6 Å². The fourth-order valence-electron chi connectivity index (χ4n) is 2.78. The monoisotopic (exact) mass is 387 g/mol. The van der Waals surface area contributed by atoms with Crippen LogP contribution in [0.2, 0.25) is 0 Å². The molecule has 25 heavy (non-hydrogen) atoms. The third-order valence-electron chi connectivity index (χ3n) is 4.04. The maximum atomic E-state index is 13.6. The summed E-state index contributed by atoms with van der Waals surface area (Å²) in [7, 11) is -7.47. The van der Waals surface area contributed by atoms with Crippen molar-refractivity contribution in [1.29, 1.82) is 0 Å². The van der Waals surface area contributed by atoms with Crippen LogP contribution in [0.3, 0.4) is 0 Å². The Morgan fingerprint density at radius 3 is 2.08 bits per heavy atom. The Morgan fingerprint density at radius 2 is 1.48 bits per heavy atom. The number of sulfonamides is 1. The molecule has 1 aliphatic rings. The van der Waals surface area contributed by atoms with Crippen molar-refractivity contribution in [3.63, 3.8) is 0 Å². The maximum absolute atomic E-state index is 13.6. The lowest BCUT2D eigenvalue weighted by molar-refractivity contribution is 0.505. The number of rotatable bonds is 3. The van der Waals surface area contributed by atoms with Crippen molar-refractivity contribution >= 4 is 25.5 Å². The number of benzene rings is 2. The minimum absolute atomic E-state index is 0.00129. The van der Waals surface area contributed by atoms with E-state index >= 15 is 0 Å². The van der Waals surface area contributed by atoms with E-state index in [0.29, 0.717) is 18.4 Å². The summed E-state index contributed by atoms with van der Waals surface area (Å²) in [4.78, 5) is -0.115. The molecule has 0 amide bonds. The highest BCUT2D eigenvalue weighted by Gasteiger charge is 2.30. The quantitative estimate of drug-likeness (QED) is 0.811. The van der Waals surface area contributed by atoms with Crippen molar-refractivity contribution < 1.29 is 25.6 Å². The highest BCUT2D eigenvalue weighted by Crippen LogP contribution is 2.33. The third kappa shape index (κ3) is 3.25. The number of hydrogen-bond acceptors (Lipinski definition) is 4. The van der Waals surface area contributed by atoms with E-state index in [1.54, 1.807) is 0 Å². The molecule has 9 heteroatoms. The van der Waals surface area contributed by atoms with Crippen LogP contribution in [0.1, 0.15) is 12.0 Å². The lowest BCUT2D eigenvalue weighted by Gasteiger charge is -2.30. The molecule has 2 aromatic carbocycles. The lowest BCUT2D eigenvalue weighted by Crippen LogP contribution is -2.35. The molecule has 1 heterocycles. The lowest BCUT2D eigenvalue weighted by atomic mass is 10.0. The van der Waals surface area contributed by atoms with Crippen LogP contribution in [0.25, 0.3) is 0 Å². The van der Waals surface area contributed by atoms with Crippen LogP contribution in [-0.4, -0.2) is 29.6 Å². The van der Waals surface area contributed by atoms with Crippen LogP contribution < -0.4 is 4.31 Å². The van der Waals surface area contributed by atoms with Gasteiger partial charge in [-0.2, -0.15) is 0 Å². The second kappa shape index (κ2) is 6.06. The van der Waals surface area contributed by atoms with Gasteiger partial charge < -0.3 is 0 Å². The molecule has 0 unspecified atom stereocenters. The van der Waals surface area contributed by atoms with Crippen molar-refractivity contribution in [1.82, 2.24) is 0 Å². The largest absolute Gasteiger partial charge is 0.266 e. The molecule has 0 N–H and O–H groups in total. The first-order valence-electron chi connectivity index (χ1n) is 7.41. The van der Waals surface area contributed by atoms with E-state index in [0.717, 1.165) is 22.7 Å². The molecule has 2 aromatic rings. The van der Waals surface area contributed by atoms with Crippen molar-refractivity contribution in [2.24, 2.45) is 0 Å². The van der Waals surface area contributed by atoms with E-state index in [2.05, 4.69) is 0 Å². The van der Waals surface area contributed by atoms with Crippen LogP contribution in [0, 0.1) is 11.6 Å². The van der Waals surface area contributed by atoms with Crippen molar-refractivity contribution in [2.45, 2.75) is 22.6 Å². The molecule has 3 rings (SSSR count). The average Bonchev–Trinajstić information content (AvgIpc) is 2.54.